The molecule has 1 heterocycles. The Morgan fingerprint density at radius 3 is 2.14 bits per heavy atom. The van der Waals surface area contributed by atoms with Crippen molar-refractivity contribution in [2.75, 3.05) is 5.73 Å². The van der Waals surface area contributed by atoms with Crippen molar-refractivity contribution in [3.05, 3.63) is 108 Å². The van der Waals surface area contributed by atoms with Crippen LogP contribution in [0.3, 0.4) is 0 Å². The molecule has 5 heteroatoms. The Balaban J connectivity index is 1.60. The number of benzene rings is 5. The van der Waals surface area contributed by atoms with Gasteiger partial charge in [-0.25, -0.2) is 4.98 Å². The van der Waals surface area contributed by atoms with Gasteiger partial charge in [-0.15, -0.1) is 9.68 Å². The molecule has 5 aromatic carbocycles. The van der Waals surface area contributed by atoms with Gasteiger partial charge < -0.3 is 5.73 Å². The fraction of sp³-hybridized carbons (Fsp3) is 0.0667. The summed E-state index contributed by atoms with van der Waals surface area (Å²) in [5.74, 6) is 0. The van der Waals surface area contributed by atoms with Crippen LogP contribution in [0.25, 0.3) is 38.5 Å². The number of aryl methyl sites for hydroxylation is 2. The highest BCUT2D eigenvalue weighted by Gasteiger charge is 2.21. The first-order valence-corrected chi connectivity index (χ1v) is 11.6. The SMILES string of the molecule is Cc1cc2nc3cc(C)c(N=Nc4cccc5ccccc45)cc3[n+](-c3ccccc3)c2cc1N. The molecule has 0 atom stereocenters. The summed E-state index contributed by atoms with van der Waals surface area (Å²) >= 11 is 0. The average molecular weight is 455 g/mol. The third kappa shape index (κ3) is 3.67. The Morgan fingerprint density at radius 1 is 0.657 bits per heavy atom. The number of azo groups is 1. The van der Waals surface area contributed by atoms with Gasteiger partial charge in [0.15, 0.2) is 0 Å². The number of nitrogens with zero attached hydrogens (tertiary/aromatic N) is 4. The van der Waals surface area contributed by atoms with Gasteiger partial charge >= 0.3 is 0 Å². The van der Waals surface area contributed by atoms with Crippen LogP contribution >= 0.6 is 0 Å². The van der Waals surface area contributed by atoms with Crippen LogP contribution < -0.4 is 10.3 Å². The number of rotatable bonds is 3. The number of nitrogens with two attached hydrogens (primary N) is 1. The van der Waals surface area contributed by atoms with E-state index in [9.17, 15) is 0 Å². The second-order valence-electron chi connectivity index (χ2n) is 8.81. The van der Waals surface area contributed by atoms with E-state index in [4.69, 9.17) is 10.7 Å². The highest BCUT2D eigenvalue weighted by atomic mass is 15.1. The molecule has 6 aromatic rings. The Bertz CT molecular complexity index is 1770. The summed E-state index contributed by atoms with van der Waals surface area (Å²) in [7, 11) is 0. The van der Waals surface area contributed by atoms with Gasteiger partial charge in [0.2, 0.25) is 16.7 Å². The third-order valence-electron chi connectivity index (χ3n) is 6.43. The zero-order chi connectivity index (χ0) is 23.9. The first-order valence-electron chi connectivity index (χ1n) is 11.6. The maximum absolute atomic E-state index is 6.31. The third-order valence-corrected chi connectivity index (χ3v) is 6.43. The van der Waals surface area contributed by atoms with E-state index < -0.39 is 0 Å². The molecular formula is C30H24N5+. The molecule has 5 nitrogen and oxygen atoms in total. The van der Waals surface area contributed by atoms with Gasteiger partial charge in [0.25, 0.3) is 0 Å². The van der Waals surface area contributed by atoms with Crippen LogP contribution in [-0.2, 0) is 0 Å². The molecule has 0 fully saturated rings. The molecule has 0 spiro atoms. The highest BCUT2D eigenvalue weighted by molar-refractivity contribution is 5.92. The minimum atomic E-state index is 0.742. The van der Waals surface area contributed by atoms with E-state index in [0.29, 0.717) is 0 Å². The number of fused-ring (bicyclic) bond motifs is 3. The molecule has 0 radical (unpaired) electrons. The zero-order valence-corrected chi connectivity index (χ0v) is 19.6. The molecule has 0 aliphatic carbocycles. The molecule has 0 saturated heterocycles. The maximum Gasteiger partial charge on any atom is 0.239 e. The van der Waals surface area contributed by atoms with Crippen LogP contribution in [0, 0.1) is 13.8 Å². The topological polar surface area (TPSA) is 67.5 Å². The van der Waals surface area contributed by atoms with Crippen molar-refractivity contribution in [2.45, 2.75) is 13.8 Å². The first kappa shape index (κ1) is 20.9. The minimum Gasteiger partial charge on any atom is -0.398 e. The summed E-state index contributed by atoms with van der Waals surface area (Å²) in [6.07, 6.45) is 0. The number of hydrogen-bond acceptors (Lipinski definition) is 4. The fourth-order valence-corrected chi connectivity index (χ4v) is 4.53. The molecule has 0 saturated carbocycles. The monoisotopic (exact) mass is 454 g/mol. The molecule has 6 rings (SSSR count). The second kappa shape index (κ2) is 8.29. The predicted molar refractivity (Wildman–Crippen MR) is 143 cm³/mol. The van der Waals surface area contributed by atoms with Crippen LogP contribution in [0.2, 0.25) is 0 Å². The van der Waals surface area contributed by atoms with Gasteiger partial charge in [-0.05, 0) is 48.6 Å². The van der Waals surface area contributed by atoms with Crippen LogP contribution in [0.15, 0.2) is 107 Å². The van der Waals surface area contributed by atoms with E-state index in [0.717, 1.165) is 66.7 Å². The maximum atomic E-state index is 6.31. The molecule has 1 aromatic heterocycles. The number of hydrogen-bond donors (Lipinski definition) is 1. The normalized spacial score (nSPS) is 11.7. The highest BCUT2D eigenvalue weighted by Crippen LogP contribution is 2.31. The average Bonchev–Trinajstić information content (AvgIpc) is 2.88. The molecule has 0 aliphatic heterocycles. The largest absolute Gasteiger partial charge is 0.398 e. The molecule has 35 heavy (non-hydrogen) atoms. The summed E-state index contributed by atoms with van der Waals surface area (Å²) < 4.78 is 2.20. The smallest absolute Gasteiger partial charge is 0.239 e. The van der Waals surface area contributed by atoms with Crippen LogP contribution in [0.4, 0.5) is 17.1 Å². The summed E-state index contributed by atoms with van der Waals surface area (Å²) in [6, 6.07) is 32.8. The molecule has 0 amide bonds. The van der Waals surface area contributed by atoms with Crippen molar-refractivity contribution in [2.24, 2.45) is 10.2 Å². The van der Waals surface area contributed by atoms with Gasteiger partial charge in [0.1, 0.15) is 11.0 Å². The van der Waals surface area contributed by atoms with Crippen LogP contribution in [0.1, 0.15) is 11.1 Å². The predicted octanol–water partition coefficient (Wildman–Crippen LogP) is 7.43. The second-order valence-corrected chi connectivity index (χ2v) is 8.81. The summed E-state index contributed by atoms with van der Waals surface area (Å²) in [6.45, 7) is 4.05. The summed E-state index contributed by atoms with van der Waals surface area (Å²) in [4.78, 5) is 4.98. The van der Waals surface area contributed by atoms with Crippen molar-refractivity contribution in [1.82, 2.24) is 4.98 Å². The lowest BCUT2D eigenvalue weighted by molar-refractivity contribution is -0.538. The van der Waals surface area contributed by atoms with Crippen molar-refractivity contribution >= 4 is 49.9 Å². The van der Waals surface area contributed by atoms with Gasteiger partial charge in [-0.1, -0.05) is 54.6 Å². The summed E-state index contributed by atoms with van der Waals surface area (Å²) in [5.41, 5.74) is 15.5. The van der Waals surface area contributed by atoms with Gasteiger partial charge in [-0.2, -0.15) is 5.11 Å². The molecule has 0 aliphatic rings. The van der Waals surface area contributed by atoms with Crippen LogP contribution in [0.5, 0.6) is 0 Å². The summed E-state index contributed by atoms with van der Waals surface area (Å²) in [5, 5.41) is 11.5. The Morgan fingerprint density at radius 2 is 1.31 bits per heavy atom. The first-order chi connectivity index (χ1) is 17.1. The standard InChI is InChI=1S/C30H23N5/c1-19-15-27-29(17-24(19)31)35(22-11-4-3-5-12-22)30-18-26(20(2)16-28(30)32-27)34-33-25-14-8-10-21-9-6-7-13-23(21)25/h3-18,31H,1-2H3/p+1. The lowest BCUT2D eigenvalue weighted by atomic mass is 10.1. The Kier molecular flexibility index (Phi) is 4.96. The van der Waals surface area contributed by atoms with Crippen LogP contribution in [-0.4, -0.2) is 4.98 Å². The zero-order valence-electron chi connectivity index (χ0n) is 19.6. The molecule has 0 unspecified atom stereocenters. The van der Waals surface area contributed by atoms with Crippen molar-refractivity contribution in [3.63, 3.8) is 0 Å². The van der Waals surface area contributed by atoms with E-state index in [-0.39, 0.29) is 0 Å². The fourth-order valence-electron chi connectivity index (χ4n) is 4.53. The number of para-hydroxylation sites is 1. The molecule has 2 N–H and O–H groups in total. The van der Waals surface area contributed by atoms with Crippen molar-refractivity contribution < 1.29 is 4.57 Å². The lowest BCUT2D eigenvalue weighted by Crippen LogP contribution is -2.33. The van der Waals surface area contributed by atoms with Gasteiger partial charge in [0.05, 0.1) is 11.4 Å². The van der Waals surface area contributed by atoms with E-state index in [2.05, 4.69) is 57.3 Å². The van der Waals surface area contributed by atoms with E-state index in [1.165, 1.54) is 0 Å². The van der Waals surface area contributed by atoms with Gasteiger partial charge in [-0.3, -0.25) is 0 Å². The van der Waals surface area contributed by atoms with E-state index >= 15 is 0 Å². The number of anilines is 1. The number of nitrogen functional groups attached to an aromatic ring is 1. The number of aromatic nitrogens is 2. The molecule has 168 valence electrons. The van der Waals surface area contributed by atoms with Crippen molar-refractivity contribution in [3.8, 4) is 5.69 Å². The Labute approximate surface area is 203 Å². The molecular weight excluding hydrogens is 430 g/mol. The quantitative estimate of drug-likeness (QED) is 0.131. The molecule has 0 bridgehead atoms. The van der Waals surface area contributed by atoms with E-state index in [1.54, 1.807) is 0 Å². The Hall–Kier alpha value is -4.64. The lowest BCUT2D eigenvalue weighted by Gasteiger charge is -2.09. The minimum absolute atomic E-state index is 0.742. The van der Waals surface area contributed by atoms with Gasteiger partial charge in [0, 0.05) is 35.3 Å². The van der Waals surface area contributed by atoms with E-state index in [1.807, 2.05) is 68.4 Å². The van der Waals surface area contributed by atoms with Crippen molar-refractivity contribution in [1.29, 1.82) is 0 Å².